The monoisotopic (exact) mass is 291 g/mol. The third-order valence-electron chi connectivity index (χ3n) is 2.58. The molecule has 2 aromatic heterocycles. The minimum absolute atomic E-state index is 0.285. The van der Waals surface area contributed by atoms with Crippen LogP contribution in [0, 0.1) is 0 Å². The van der Waals surface area contributed by atoms with Crippen molar-refractivity contribution < 1.29 is 14.2 Å². The predicted octanol–water partition coefficient (Wildman–Crippen LogP) is 1.70. The van der Waals surface area contributed by atoms with Gasteiger partial charge in [0.2, 0.25) is 0 Å². The van der Waals surface area contributed by atoms with Gasteiger partial charge < -0.3 is 9.94 Å². The van der Waals surface area contributed by atoms with Gasteiger partial charge in [0.15, 0.2) is 0 Å². The summed E-state index contributed by atoms with van der Waals surface area (Å²) in [6.45, 7) is 0. The van der Waals surface area contributed by atoms with Crippen LogP contribution in [0.2, 0.25) is 0 Å². The maximum Gasteiger partial charge on any atom is 0.139 e. The number of ether oxygens (including phenoxy) is 1. The Morgan fingerprint density at radius 2 is 2.20 bits per heavy atom. The molecule has 7 heteroatoms. The van der Waals surface area contributed by atoms with Crippen molar-refractivity contribution in [3.05, 3.63) is 36.2 Å². The second-order valence-electron chi connectivity index (χ2n) is 3.84. The fraction of sp³-hybridized carbons (Fsp3) is 0.154. The maximum atomic E-state index is 11.8. The van der Waals surface area contributed by atoms with Gasteiger partial charge in [0.05, 0.1) is 35.5 Å². The van der Waals surface area contributed by atoms with Gasteiger partial charge in [-0.2, -0.15) is 0 Å². The summed E-state index contributed by atoms with van der Waals surface area (Å²) < 4.78 is 17.1. The Labute approximate surface area is 118 Å². The van der Waals surface area contributed by atoms with Crippen LogP contribution in [0.3, 0.4) is 0 Å². The van der Waals surface area contributed by atoms with Crippen LogP contribution in [-0.2, 0) is 10.8 Å². The Morgan fingerprint density at radius 3 is 2.75 bits per heavy atom. The van der Waals surface area contributed by atoms with Gasteiger partial charge in [-0.1, -0.05) is 11.2 Å². The molecule has 20 heavy (non-hydrogen) atoms. The van der Waals surface area contributed by atoms with Crippen molar-refractivity contribution in [2.75, 3.05) is 13.4 Å². The van der Waals surface area contributed by atoms with Crippen LogP contribution in [0.4, 0.5) is 0 Å². The van der Waals surface area contributed by atoms with Gasteiger partial charge >= 0.3 is 0 Å². The molecular formula is C13H13N3O3S. The molecule has 0 aliphatic rings. The van der Waals surface area contributed by atoms with Crippen molar-refractivity contribution in [1.29, 1.82) is 0 Å². The van der Waals surface area contributed by atoms with E-state index in [0.717, 1.165) is 6.21 Å². The first-order valence-electron chi connectivity index (χ1n) is 5.68. The van der Waals surface area contributed by atoms with Gasteiger partial charge in [-0.05, 0) is 12.1 Å². The van der Waals surface area contributed by atoms with Crippen molar-refractivity contribution >= 4 is 17.0 Å². The highest BCUT2D eigenvalue weighted by Gasteiger charge is 2.16. The molecule has 2 rings (SSSR count). The molecule has 0 aliphatic carbocycles. The number of hydrogen-bond acceptors (Lipinski definition) is 6. The van der Waals surface area contributed by atoms with Gasteiger partial charge in [-0.3, -0.25) is 9.19 Å². The lowest BCUT2D eigenvalue weighted by Crippen LogP contribution is -2.04. The first-order valence-corrected chi connectivity index (χ1v) is 7.24. The number of hydrogen-bond donors (Lipinski definition) is 1. The molecule has 0 saturated carbocycles. The molecule has 104 valence electrons. The maximum absolute atomic E-state index is 11.8. The fourth-order valence-electron chi connectivity index (χ4n) is 1.76. The highest BCUT2D eigenvalue weighted by Crippen LogP contribution is 2.28. The summed E-state index contributed by atoms with van der Waals surface area (Å²) in [6.07, 6.45) is 4.29. The van der Waals surface area contributed by atoms with Crippen molar-refractivity contribution in [3.8, 4) is 17.1 Å². The normalized spacial score (nSPS) is 12.5. The highest BCUT2D eigenvalue weighted by atomic mass is 32.2. The molecule has 0 aromatic carbocycles. The van der Waals surface area contributed by atoms with E-state index >= 15 is 0 Å². The van der Waals surface area contributed by atoms with Gasteiger partial charge in [-0.25, -0.2) is 4.98 Å². The van der Waals surface area contributed by atoms with E-state index in [1.165, 1.54) is 13.4 Å². The van der Waals surface area contributed by atoms with E-state index in [1.807, 2.05) is 6.07 Å². The van der Waals surface area contributed by atoms with Crippen molar-refractivity contribution in [1.82, 2.24) is 9.97 Å². The molecule has 6 nitrogen and oxygen atoms in total. The molecular weight excluding hydrogens is 278 g/mol. The minimum Gasteiger partial charge on any atom is -0.495 e. The lowest BCUT2D eigenvalue weighted by Gasteiger charge is -2.11. The Kier molecular flexibility index (Phi) is 4.41. The summed E-state index contributed by atoms with van der Waals surface area (Å²) in [7, 11) is 0.152. The first-order chi connectivity index (χ1) is 9.67. The van der Waals surface area contributed by atoms with Gasteiger partial charge in [-0.15, -0.1) is 0 Å². The molecule has 0 fully saturated rings. The van der Waals surface area contributed by atoms with E-state index in [-0.39, 0.29) is 5.69 Å². The van der Waals surface area contributed by atoms with Crippen LogP contribution < -0.4 is 4.74 Å². The zero-order chi connectivity index (χ0) is 14.5. The number of methoxy groups -OCH3 is 1. The van der Waals surface area contributed by atoms with Crippen molar-refractivity contribution in [2.45, 2.75) is 4.90 Å². The van der Waals surface area contributed by atoms with Gasteiger partial charge in [0, 0.05) is 18.5 Å². The lowest BCUT2D eigenvalue weighted by atomic mass is 10.2. The van der Waals surface area contributed by atoms with Crippen LogP contribution in [0.15, 0.2) is 40.5 Å². The van der Waals surface area contributed by atoms with E-state index in [0.29, 0.717) is 22.0 Å². The Bertz CT molecular complexity index is 659. The highest BCUT2D eigenvalue weighted by molar-refractivity contribution is 7.84. The van der Waals surface area contributed by atoms with E-state index in [2.05, 4.69) is 15.1 Å². The van der Waals surface area contributed by atoms with Crippen molar-refractivity contribution in [2.24, 2.45) is 5.16 Å². The van der Waals surface area contributed by atoms with Crippen LogP contribution in [0.25, 0.3) is 11.4 Å². The third kappa shape index (κ3) is 2.83. The summed E-state index contributed by atoms with van der Waals surface area (Å²) in [6, 6.07) is 7.09. The van der Waals surface area contributed by atoms with E-state index in [4.69, 9.17) is 9.94 Å². The molecule has 0 bridgehead atoms. The molecule has 0 spiro atoms. The largest absolute Gasteiger partial charge is 0.495 e. The van der Waals surface area contributed by atoms with E-state index < -0.39 is 10.8 Å². The fourth-order valence-corrected chi connectivity index (χ4v) is 2.58. The quantitative estimate of drug-likeness (QED) is 0.526. The number of aromatic nitrogens is 2. The zero-order valence-corrected chi connectivity index (χ0v) is 11.8. The number of rotatable bonds is 4. The topological polar surface area (TPSA) is 84.7 Å². The SMILES string of the molecule is COc1cc(-c2ccccn2)nc(/C=N\O)c1S(C)=O. The molecule has 0 saturated heterocycles. The van der Waals surface area contributed by atoms with E-state index in [9.17, 15) is 4.21 Å². The molecule has 2 heterocycles. The molecule has 1 atom stereocenters. The molecule has 0 radical (unpaired) electrons. The molecule has 0 aliphatic heterocycles. The Balaban J connectivity index is 2.68. The first kappa shape index (κ1) is 14.1. The molecule has 0 amide bonds. The number of pyridine rings is 2. The Morgan fingerprint density at radius 1 is 1.40 bits per heavy atom. The number of nitrogens with zero attached hydrogens (tertiary/aromatic N) is 3. The second kappa shape index (κ2) is 6.25. The lowest BCUT2D eigenvalue weighted by molar-refractivity contribution is 0.321. The van der Waals surface area contributed by atoms with Crippen LogP contribution >= 0.6 is 0 Å². The molecule has 2 aromatic rings. The predicted molar refractivity (Wildman–Crippen MR) is 75.7 cm³/mol. The van der Waals surface area contributed by atoms with Crippen LogP contribution in [0.1, 0.15) is 5.69 Å². The molecule has 1 N–H and O–H groups in total. The average molecular weight is 291 g/mol. The standard InChI is InChI=1S/C13H13N3O3S/c1-19-12-7-10(9-5-3-4-6-14-9)16-11(8-15-17)13(12)20(2)18/h3-8,17H,1-2H3/b15-8-. The summed E-state index contributed by atoms with van der Waals surface area (Å²) in [5.41, 5.74) is 1.48. The number of oxime groups is 1. The van der Waals surface area contributed by atoms with Crippen LogP contribution in [0.5, 0.6) is 5.75 Å². The average Bonchev–Trinajstić information content (AvgIpc) is 2.47. The zero-order valence-electron chi connectivity index (χ0n) is 11.0. The summed E-state index contributed by atoms with van der Waals surface area (Å²) >= 11 is 0. The Hall–Kier alpha value is -2.28. The van der Waals surface area contributed by atoms with Gasteiger partial charge in [0.1, 0.15) is 16.3 Å². The smallest absolute Gasteiger partial charge is 0.139 e. The summed E-state index contributed by atoms with van der Waals surface area (Å²) in [5.74, 6) is 0.413. The summed E-state index contributed by atoms with van der Waals surface area (Å²) in [4.78, 5) is 8.90. The van der Waals surface area contributed by atoms with Crippen LogP contribution in [-0.4, -0.2) is 39.0 Å². The second-order valence-corrected chi connectivity index (χ2v) is 5.15. The third-order valence-corrected chi connectivity index (χ3v) is 3.57. The van der Waals surface area contributed by atoms with Crippen molar-refractivity contribution in [3.63, 3.8) is 0 Å². The van der Waals surface area contributed by atoms with Gasteiger partial charge in [0.25, 0.3) is 0 Å². The minimum atomic E-state index is -1.33. The molecule has 1 unspecified atom stereocenters. The summed E-state index contributed by atoms with van der Waals surface area (Å²) in [5, 5.41) is 11.7. The van der Waals surface area contributed by atoms with E-state index in [1.54, 1.807) is 24.4 Å².